The number of carboxylic acid groups (broad SMARTS) is 1. The van der Waals surface area contributed by atoms with Crippen molar-refractivity contribution in [3.8, 4) is 0 Å². The SMILES string of the molecule is O=C(O)c1ccc(NC(=O)[C@H]2CCCO2)nc1. The molecule has 6 heteroatoms. The lowest BCUT2D eigenvalue weighted by atomic mass is 10.2. The van der Waals surface area contributed by atoms with Crippen molar-refractivity contribution in [2.45, 2.75) is 18.9 Å². The van der Waals surface area contributed by atoms with Gasteiger partial charge in [-0.15, -0.1) is 0 Å². The third-order valence-corrected chi connectivity index (χ3v) is 2.48. The molecule has 1 amide bonds. The smallest absolute Gasteiger partial charge is 0.337 e. The first kappa shape index (κ1) is 11.5. The maximum atomic E-state index is 11.6. The molecule has 1 aromatic heterocycles. The molecule has 1 fully saturated rings. The molecule has 1 atom stereocenters. The Bertz CT molecular complexity index is 424. The lowest BCUT2D eigenvalue weighted by molar-refractivity contribution is -0.124. The molecule has 2 rings (SSSR count). The van der Waals surface area contributed by atoms with Crippen LogP contribution in [-0.2, 0) is 9.53 Å². The van der Waals surface area contributed by atoms with E-state index in [9.17, 15) is 9.59 Å². The zero-order valence-corrected chi connectivity index (χ0v) is 9.05. The molecule has 1 aliphatic heterocycles. The molecular weight excluding hydrogens is 224 g/mol. The van der Waals surface area contributed by atoms with Gasteiger partial charge in [-0.25, -0.2) is 9.78 Å². The molecule has 2 N–H and O–H groups in total. The van der Waals surface area contributed by atoms with Crippen LogP contribution in [0.4, 0.5) is 5.82 Å². The maximum Gasteiger partial charge on any atom is 0.337 e. The van der Waals surface area contributed by atoms with Crippen LogP contribution in [0.3, 0.4) is 0 Å². The van der Waals surface area contributed by atoms with Gasteiger partial charge in [0.1, 0.15) is 11.9 Å². The van der Waals surface area contributed by atoms with Gasteiger partial charge in [-0.1, -0.05) is 0 Å². The summed E-state index contributed by atoms with van der Waals surface area (Å²) in [6.45, 7) is 0.601. The summed E-state index contributed by atoms with van der Waals surface area (Å²) in [6.07, 6.45) is 2.37. The zero-order valence-electron chi connectivity index (χ0n) is 9.05. The highest BCUT2D eigenvalue weighted by molar-refractivity contribution is 5.94. The number of aromatic nitrogens is 1. The minimum absolute atomic E-state index is 0.0834. The van der Waals surface area contributed by atoms with Crippen molar-refractivity contribution in [3.05, 3.63) is 23.9 Å². The Balaban J connectivity index is 1.98. The number of pyridine rings is 1. The van der Waals surface area contributed by atoms with E-state index in [1.165, 1.54) is 18.3 Å². The van der Waals surface area contributed by atoms with Crippen molar-refractivity contribution in [2.24, 2.45) is 0 Å². The number of carboxylic acids is 1. The van der Waals surface area contributed by atoms with Gasteiger partial charge in [-0.3, -0.25) is 4.79 Å². The number of nitrogens with one attached hydrogen (secondary N) is 1. The molecule has 17 heavy (non-hydrogen) atoms. The number of ether oxygens (including phenoxy) is 1. The highest BCUT2D eigenvalue weighted by Crippen LogP contribution is 2.14. The number of amides is 1. The normalized spacial score (nSPS) is 18.9. The van der Waals surface area contributed by atoms with Crippen LogP contribution >= 0.6 is 0 Å². The van der Waals surface area contributed by atoms with Gasteiger partial charge >= 0.3 is 5.97 Å². The summed E-state index contributed by atoms with van der Waals surface area (Å²) < 4.78 is 5.21. The molecule has 6 nitrogen and oxygen atoms in total. The van der Waals surface area contributed by atoms with Crippen LogP contribution < -0.4 is 5.32 Å². The van der Waals surface area contributed by atoms with E-state index in [2.05, 4.69) is 10.3 Å². The Hall–Kier alpha value is -1.95. The lowest BCUT2D eigenvalue weighted by Gasteiger charge is -2.09. The van der Waals surface area contributed by atoms with Gasteiger partial charge in [0.05, 0.1) is 5.56 Å². The van der Waals surface area contributed by atoms with Crippen molar-refractivity contribution in [3.63, 3.8) is 0 Å². The number of carbonyl (C=O) groups excluding carboxylic acids is 1. The molecule has 90 valence electrons. The van der Waals surface area contributed by atoms with Gasteiger partial charge in [0.15, 0.2) is 0 Å². The first-order chi connectivity index (χ1) is 8.16. The van der Waals surface area contributed by atoms with Crippen LogP contribution in [0.5, 0.6) is 0 Å². The van der Waals surface area contributed by atoms with E-state index >= 15 is 0 Å². The Morgan fingerprint density at radius 1 is 1.47 bits per heavy atom. The molecule has 0 saturated carbocycles. The van der Waals surface area contributed by atoms with Gasteiger partial charge in [-0.05, 0) is 25.0 Å². The number of hydrogen-bond donors (Lipinski definition) is 2. The third-order valence-electron chi connectivity index (χ3n) is 2.48. The van der Waals surface area contributed by atoms with E-state index in [4.69, 9.17) is 9.84 Å². The second-order valence-electron chi connectivity index (χ2n) is 3.73. The summed E-state index contributed by atoms with van der Waals surface area (Å²) in [4.78, 5) is 26.1. The molecule has 2 heterocycles. The average Bonchev–Trinajstić information content (AvgIpc) is 2.83. The van der Waals surface area contributed by atoms with Crippen molar-refractivity contribution in [2.75, 3.05) is 11.9 Å². The van der Waals surface area contributed by atoms with Crippen molar-refractivity contribution >= 4 is 17.7 Å². The fourth-order valence-corrected chi connectivity index (χ4v) is 1.59. The highest BCUT2D eigenvalue weighted by atomic mass is 16.5. The molecule has 0 bridgehead atoms. The van der Waals surface area contributed by atoms with Gasteiger partial charge in [0.2, 0.25) is 0 Å². The van der Waals surface area contributed by atoms with E-state index in [1.807, 2.05) is 0 Å². The quantitative estimate of drug-likeness (QED) is 0.813. The second kappa shape index (κ2) is 4.92. The summed E-state index contributed by atoms with van der Waals surface area (Å²) in [6, 6.07) is 2.84. The number of hydrogen-bond acceptors (Lipinski definition) is 4. The van der Waals surface area contributed by atoms with Crippen molar-refractivity contribution < 1.29 is 19.4 Å². The van der Waals surface area contributed by atoms with Crippen LogP contribution in [0.2, 0.25) is 0 Å². The van der Waals surface area contributed by atoms with E-state index in [0.29, 0.717) is 18.8 Å². The topological polar surface area (TPSA) is 88.5 Å². The van der Waals surface area contributed by atoms with Crippen LogP contribution in [-0.4, -0.2) is 34.7 Å². The Labute approximate surface area is 97.6 Å². The van der Waals surface area contributed by atoms with Crippen LogP contribution in [0.15, 0.2) is 18.3 Å². The predicted octanol–water partition coefficient (Wildman–Crippen LogP) is 0.897. The predicted molar refractivity (Wildman–Crippen MR) is 58.8 cm³/mol. The summed E-state index contributed by atoms with van der Waals surface area (Å²) in [7, 11) is 0. The summed E-state index contributed by atoms with van der Waals surface area (Å²) in [5, 5.41) is 11.3. The van der Waals surface area contributed by atoms with Gasteiger partial charge in [-0.2, -0.15) is 0 Å². The number of aromatic carboxylic acids is 1. The summed E-state index contributed by atoms with van der Waals surface area (Å²) >= 11 is 0. The van der Waals surface area contributed by atoms with Crippen molar-refractivity contribution in [1.82, 2.24) is 4.98 Å². The fourth-order valence-electron chi connectivity index (χ4n) is 1.59. The van der Waals surface area contributed by atoms with Crippen LogP contribution in [0, 0.1) is 0 Å². The molecule has 0 spiro atoms. The minimum Gasteiger partial charge on any atom is -0.478 e. The first-order valence-corrected chi connectivity index (χ1v) is 5.28. The zero-order chi connectivity index (χ0) is 12.3. The van der Waals surface area contributed by atoms with Crippen molar-refractivity contribution in [1.29, 1.82) is 0 Å². The maximum absolute atomic E-state index is 11.6. The molecule has 0 unspecified atom stereocenters. The second-order valence-corrected chi connectivity index (χ2v) is 3.73. The molecule has 0 radical (unpaired) electrons. The Morgan fingerprint density at radius 3 is 2.82 bits per heavy atom. The molecule has 0 aliphatic carbocycles. The largest absolute Gasteiger partial charge is 0.478 e. The van der Waals surface area contributed by atoms with Gasteiger partial charge in [0, 0.05) is 12.8 Å². The van der Waals surface area contributed by atoms with E-state index in [-0.39, 0.29) is 11.5 Å². The summed E-state index contributed by atoms with van der Waals surface area (Å²) in [5.74, 6) is -0.955. The number of carbonyl (C=O) groups is 2. The standard InChI is InChI=1S/C11H12N2O4/c14-10(8-2-1-5-17-8)13-9-4-3-7(6-12-9)11(15)16/h3-4,6,8H,1-2,5H2,(H,15,16)(H,12,13,14)/t8-/m1/s1. The number of anilines is 1. The van der Waals surface area contributed by atoms with Crippen LogP contribution in [0.1, 0.15) is 23.2 Å². The molecule has 1 aromatic rings. The monoisotopic (exact) mass is 236 g/mol. The number of rotatable bonds is 3. The molecular formula is C11H12N2O4. The third kappa shape index (κ3) is 2.79. The van der Waals surface area contributed by atoms with E-state index < -0.39 is 12.1 Å². The molecule has 1 saturated heterocycles. The number of nitrogens with zero attached hydrogens (tertiary/aromatic N) is 1. The average molecular weight is 236 g/mol. The van der Waals surface area contributed by atoms with E-state index in [1.54, 1.807) is 0 Å². The van der Waals surface area contributed by atoms with Gasteiger partial charge < -0.3 is 15.2 Å². The Kier molecular flexibility index (Phi) is 3.34. The molecule has 1 aliphatic rings. The highest BCUT2D eigenvalue weighted by Gasteiger charge is 2.23. The van der Waals surface area contributed by atoms with Gasteiger partial charge in [0.25, 0.3) is 5.91 Å². The lowest BCUT2D eigenvalue weighted by Crippen LogP contribution is -2.27. The minimum atomic E-state index is -1.05. The van der Waals surface area contributed by atoms with E-state index in [0.717, 1.165) is 6.42 Å². The Morgan fingerprint density at radius 2 is 2.29 bits per heavy atom. The summed E-state index contributed by atoms with van der Waals surface area (Å²) in [5.41, 5.74) is 0.0834. The van der Waals surface area contributed by atoms with Crippen LogP contribution in [0.25, 0.3) is 0 Å². The fraction of sp³-hybridized carbons (Fsp3) is 0.364. The first-order valence-electron chi connectivity index (χ1n) is 5.28. The molecule has 0 aromatic carbocycles.